The predicted molar refractivity (Wildman–Crippen MR) is 87.7 cm³/mol. The second kappa shape index (κ2) is 7.43. The van der Waals surface area contributed by atoms with Crippen LogP contribution in [-0.4, -0.2) is 22.0 Å². The summed E-state index contributed by atoms with van der Waals surface area (Å²) in [6, 6.07) is 10.1. The molecule has 2 amide bonds. The van der Waals surface area contributed by atoms with Crippen molar-refractivity contribution in [3.63, 3.8) is 0 Å². The van der Waals surface area contributed by atoms with E-state index in [9.17, 15) is 9.59 Å². The number of hydrogen-bond donors (Lipinski definition) is 2. The molecule has 2 aromatic heterocycles. The molecule has 3 aromatic rings. The Kier molecular flexibility index (Phi) is 4.89. The fourth-order valence-corrected chi connectivity index (χ4v) is 2.12. The van der Waals surface area contributed by atoms with Gasteiger partial charge in [0, 0.05) is 5.69 Å². The molecule has 0 unspecified atom stereocenters. The van der Waals surface area contributed by atoms with Gasteiger partial charge in [-0.1, -0.05) is 23.4 Å². The molecule has 0 spiro atoms. The van der Waals surface area contributed by atoms with Crippen molar-refractivity contribution in [2.24, 2.45) is 0 Å². The number of carbonyl (C=O) groups excluding carboxylic acids is 2. The van der Waals surface area contributed by atoms with Crippen LogP contribution in [0.1, 0.15) is 35.0 Å². The first kappa shape index (κ1) is 16.4. The van der Waals surface area contributed by atoms with Crippen LogP contribution in [0.4, 0.5) is 5.69 Å². The van der Waals surface area contributed by atoms with E-state index >= 15 is 0 Å². The van der Waals surface area contributed by atoms with Crippen molar-refractivity contribution in [3.05, 3.63) is 66.2 Å². The molecule has 0 saturated heterocycles. The number of amides is 2. The lowest BCUT2D eigenvalue weighted by atomic mass is 10.2. The Labute approximate surface area is 143 Å². The number of nitrogens with one attached hydrogen (secondary N) is 2. The summed E-state index contributed by atoms with van der Waals surface area (Å²) in [6.07, 6.45) is 2.73. The second-order valence-electron chi connectivity index (χ2n) is 5.35. The van der Waals surface area contributed by atoms with Crippen molar-refractivity contribution >= 4 is 17.5 Å². The zero-order valence-corrected chi connectivity index (χ0v) is 13.4. The van der Waals surface area contributed by atoms with Gasteiger partial charge in [0.05, 0.1) is 18.2 Å². The summed E-state index contributed by atoms with van der Waals surface area (Å²) in [4.78, 5) is 28.1. The summed E-state index contributed by atoms with van der Waals surface area (Å²) in [7, 11) is 0. The standard InChI is InChI=1S/C17H16N4O4/c1-11(18-16(23)12-7-8-24-10-12)17-20-14(21-25-17)9-15(22)19-13-5-3-2-4-6-13/h2-8,10-11H,9H2,1H3,(H,18,23)(H,19,22)/t11-/m0/s1. The molecular formula is C17H16N4O4. The van der Waals surface area contributed by atoms with Crippen LogP contribution in [0, 0.1) is 0 Å². The van der Waals surface area contributed by atoms with Gasteiger partial charge in [-0.05, 0) is 25.1 Å². The maximum absolute atomic E-state index is 12.0. The predicted octanol–water partition coefficient (Wildman–Crippen LogP) is 2.33. The van der Waals surface area contributed by atoms with Crippen molar-refractivity contribution in [2.75, 3.05) is 5.32 Å². The molecular weight excluding hydrogens is 324 g/mol. The average Bonchev–Trinajstić information content (AvgIpc) is 3.27. The van der Waals surface area contributed by atoms with E-state index < -0.39 is 6.04 Å². The normalized spacial score (nSPS) is 11.7. The van der Waals surface area contributed by atoms with E-state index in [-0.39, 0.29) is 30.0 Å². The zero-order chi connectivity index (χ0) is 17.6. The Morgan fingerprint density at radius 1 is 1.20 bits per heavy atom. The lowest BCUT2D eigenvalue weighted by Crippen LogP contribution is -2.26. The molecule has 25 heavy (non-hydrogen) atoms. The largest absolute Gasteiger partial charge is 0.472 e. The molecule has 0 aliphatic heterocycles. The summed E-state index contributed by atoms with van der Waals surface area (Å²) < 4.78 is 9.98. The van der Waals surface area contributed by atoms with Gasteiger partial charge in [-0.3, -0.25) is 9.59 Å². The highest BCUT2D eigenvalue weighted by atomic mass is 16.5. The summed E-state index contributed by atoms with van der Waals surface area (Å²) in [5.74, 6) is -0.108. The zero-order valence-electron chi connectivity index (χ0n) is 13.4. The summed E-state index contributed by atoms with van der Waals surface area (Å²) in [5, 5.41) is 9.22. The number of furan rings is 1. The molecule has 2 heterocycles. The van der Waals surface area contributed by atoms with Crippen LogP contribution >= 0.6 is 0 Å². The van der Waals surface area contributed by atoms with Crippen LogP contribution in [0.15, 0.2) is 57.9 Å². The minimum Gasteiger partial charge on any atom is -0.472 e. The molecule has 0 aliphatic rings. The first-order chi connectivity index (χ1) is 12.1. The maximum atomic E-state index is 12.0. The minimum absolute atomic E-state index is 0.0270. The fourth-order valence-electron chi connectivity index (χ4n) is 2.12. The summed E-state index contributed by atoms with van der Waals surface area (Å²) >= 11 is 0. The minimum atomic E-state index is -0.499. The Balaban J connectivity index is 1.56. The lowest BCUT2D eigenvalue weighted by Gasteiger charge is -2.07. The first-order valence-electron chi connectivity index (χ1n) is 7.62. The number of hydrogen-bond acceptors (Lipinski definition) is 6. The van der Waals surface area contributed by atoms with Gasteiger partial charge in [-0.25, -0.2) is 0 Å². The number of benzene rings is 1. The van der Waals surface area contributed by atoms with Crippen LogP contribution in [-0.2, 0) is 11.2 Å². The Morgan fingerprint density at radius 3 is 2.72 bits per heavy atom. The molecule has 128 valence electrons. The van der Waals surface area contributed by atoms with Crippen molar-refractivity contribution in [1.29, 1.82) is 0 Å². The van der Waals surface area contributed by atoms with E-state index in [1.165, 1.54) is 12.5 Å². The molecule has 1 atom stereocenters. The molecule has 2 N–H and O–H groups in total. The van der Waals surface area contributed by atoms with Gasteiger partial charge in [-0.15, -0.1) is 0 Å². The molecule has 0 saturated carbocycles. The van der Waals surface area contributed by atoms with Crippen molar-refractivity contribution in [3.8, 4) is 0 Å². The molecule has 8 nitrogen and oxygen atoms in total. The highest BCUT2D eigenvalue weighted by Crippen LogP contribution is 2.12. The van der Waals surface area contributed by atoms with Gasteiger partial charge in [0.25, 0.3) is 5.91 Å². The van der Waals surface area contributed by atoms with Gasteiger partial charge >= 0.3 is 0 Å². The van der Waals surface area contributed by atoms with E-state index in [0.29, 0.717) is 11.3 Å². The Morgan fingerprint density at radius 2 is 2.00 bits per heavy atom. The number of anilines is 1. The van der Waals surface area contributed by atoms with Crippen molar-refractivity contribution in [1.82, 2.24) is 15.5 Å². The number of nitrogens with zero attached hydrogens (tertiary/aromatic N) is 2. The molecule has 1 aromatic carbocycles. The van der Waals surface area contributed by atoms with Crippen molar-refractivity contribution < 1.29 is 18.5 Å². The monoisotopic (exact) mass is 340 g/mol. The van der Waals surface area contributed by atoms with Crippen LogP contribution in [0.2, 0.25) is 0 Å². The highest BCUT2D eigenvalue weighted by molar-refractivity contribution is 5.94. The van der Waals surface area contributed by atoms with E-state index in [1.54, 1.807) is 25.1 Å². The molecule has 0 aliphatic carbocycles. The third kappa shape index (κ3) is 4.31. The quantitative estimate of drug-likeness (QED) is 0.712. The molecule has 0 radical (unpaired) electrons. The van der Waals surface area contributed by atoms with Crippen LogP contribution < -0.4 is 10.6 Å². The number of para-hydroxylation sites is 1. The SMILES string of the molecule is C[C@H](NC(=O)c1ccoc1)c1nc(CC(=O)Nc2ccccc2)no1. The van der Waals surface area contributed by atoms with Crippen LogP contribution in [0.3, 0.4) is 0 Å². The van der Waals surface area contributed by atoms with Gasteiger partial charge in [0.1, 0.15) is 12.3 Å². The van der Waals surface area contributed by atoms with Gasteiger partial charge < -0.3 is 19.6 Å². The van der Waals surface area contributed by atoms with E-state index in [4.69, 9.17) is 8.94 Å². The van der Waals surface area contributed by atoms with Crippen molar-refractivity contribution in [2.45, 2.75) is 19.4 Å². The summed E-state index contributed by atoms with van der Waals surface area (Å²) in [5.41, 5.74) is 1.09. The van der Waals surface area contributed by atoms with E-state index in [1.807, 2.05) is 18.2 Å². The van der Waals surface area contributed by atoms with Gasteiger partial charge in [-0.2, -0.15) is 4.98 Å². The van der Waals surface area contributed by atoms with E-state index in [2.05, 4.69) is 20.8 Å². The van der Waals surface area contributed by atoms with Crippen LogP contribution in [0.5, 0.6) is 0 Å². The average molecular weight is 340 g/mol. The summed E-state index contributed by atoms with van der Waals surface area (Å²) in [6.45, 7) is 1.71. The molecule has 0 bridgehead atoms. The number of aromatic nitrogens is 2. The topological polar surface area (TPSA) is 110 Å². The first-order valence-corrected chi connectivity index (χ1v) is 7.62. The third-order valence-corrected chi connectivity index (χ3v) is 3.36. The second-order valence-corrected chi connectivity index (χ2v) is 5.35. The molecule has 8 heteroatoms. The van der Waals surface area contributed by atoms with Gasteiger partial charge in [0.2, 0.25) is 11.8 Å². The third-order valence-electron chi connectivity index (χ3n) is 3.36. The van der Waals surface area contributed by atoms with E-state index in [0.717, 1.165) is 0 Å². The Bertz CT molecular complexity index is 843. The number of rotatable bonds is 6. The Hall–Kier alpha value is -3.42. The molecule has 3 rings (SSSR count). The maximum Gasteiger partial charge on any atom is 0.255 e. The lowest BCUT2D eigenvalue weighted by molar-refractivity contribution is -0.115. The molecule has 0 fully saturated rings. The van der Waals surface area contributed by atoms with Gasteiger partial charge in [0.15, 0.2) is 5.82 Å². The highest BCUT2D eigenvalue weighted by Gasteiger charge is 2.19. The van der Waals surface area contributed by atoms with Crippen LogP contribution in [0.25, 0.3) is 0 Å². The number of carbonyl (C=O) groups is 2. The smallest absolute Gasteiger partial charge is 0.255 e. The fraction of sp³-hybridized carbons (Fsp3) is 0.176.